The van der Waals surface area contributed by atoms with Crippen LogP contribution in [0.1, 0.15) is 30.1 Å². The predicted octanol–water partition coefficient (Wildman–Crippen LogP) is 6.06. The number of piperazine rings is 1. The Hall–Kier alpha value is -4.03. The van der Waals surface area contributed by atoms with Gasteiger partial charge >= 0.3 is 12.4 Å². The number of carbonyl (C=O) groups is 1. The van der Waals surface area contributed by atoms with Crippen LogP contribution in [0.15, 0.2) is 60.7 Å². The molecule has 5 rings (SSSR count). The quantitative estimate of drug-likeness (QED) is 0.317. The molecule has 0 spiro atoms. The molecule has 1 saturated carbocycles. The van der Waals surface area contributed by atoms with E-state index >= 15 is 0 Å². The standard InChI is InChI=1S/C28H28F6N6O/c29-27(30,31)16-18-13-22(18)26-37-23(36-21-8-4-5-19(14-21)28(32,33)34)15-24(38-26)39-9-11-40(12-10-39)25(41)17-35-20-6-2-1-3-7-20/h1-8,14-15,18,22,35H,9-13,16-17H2,(H,36,37,38). The van der Waals surface area contributed by atoms with Crippen LogP contribution in [0.2, 0.25) is 0 Å². The molecular weight excluding hydrogens is 550 g/mol. The van der Waals surface area contributed by atoms with Crippen LogP contribution < -0.4 is 15.5 Å². The molecule has 2 heterocycles. The summed E-state index contributed by atoms with van der Waals surface area (Å²) in [5, 5.41) is 5.96. The van der Waals surface area contributed by atoms with Crippen LogP contribution in [-0.2, 0) is 11.0 Å². The van der Waals surface area contributed by atoms with Gasteiger partial charge in [-0.2, -0.15) is 26.3 Å². The average Bonchev–Trinajstić information content (AvgIpc) is 3.69. The molecule has 2 fully saturated rings. The molecule has 1 aromatic heterocycles. The van der Waals surface area contributed by atoms with Crippen molar-refractivity contribution in [3.05, 3.63) is 72.1 Å². The number of amides is 1. The second kappa shape index (κ2) is 11.5. The molecule has 2 atom stereocenters. The number of alkyl halides is 6. The number of benzene rings is 2. The number of para-hydroxylation sites is 1. The highest BCUT2D eigenvalue weighted by Crippen LogP contribution is 2.52. The maximum absolute atomic E-state index is 13.2. The summed E-state index contributed by atoms with van der Waals surface area (Å²) in [4.78, 5) is 25.3. The van der Waals surface area contributed by atoms with Gasteiger partial charge in [0.25, 0.3) is 0 Å². The number of hydrogen-bond acceptors (Lipinski definition) is 6. The monoisotopic (exact) mass is 578 g/mol. The van der Waals surface area contributed by atoms with Gasteiger partial charge in [-0.05, 0) is 42.7 Å². The minimum atomic E-state index is -4.54. The highest BCUT2D eigenvalue weighted by atomic mass is 19.4. The third kappa shape index (κ3) is 7.59. The summed E-state index contributed by atoms with van der Waals surface area (Å²) in [5.74, 6) is -0.360. The molecule has 2 N–H and O–H groups in total. The first-order valence-electron chi connectivity index (χ1n) is 13.2. The van der Waals surface area contributed by atoms with Crippen molar-refractivity contribution in [2.24, 2.45) is 5.92 Å². The Morgan fingerprint density at radius 2 is 1.59 bits per heavy atom. The first-order chi connectivity index (χ1) is 19.4. The fraction of sp³-hybridized carbons (Fsp3) is 0.393. The van der Waals surface area contributed by atoms with Gasteiger partial charge in [0.15, 0.2) is 0 Å². The van der Waals surface area contributed by atoms with E-state index in [2.05, 4.69) is 20.6 Å². The Morgan fingerprint density at radius 1 is 0.878 bits per heavy atom. The molecular formula is C28H28F6N6O. The molecule has 218 valence electrons. The second-order valence-corrected chi connectivity index (χ2v) is 10.2. The Bertz CT molecular complexity index is 1360. The number of nitrogens with one attached hydrogen (secondary N) is 2. The lowest BCUT2D eigenvalue weighted by molar-refractivity contribution is -0.139. The van der Waals surface area contributed by atoms with Gasteiger partial charge < -0.3 is 20.4 Å². The van der Waals surface area contributed by atoms with Crippen molar-refractivity contribution in [2.45, 2.75) is 31.1 Å². The van der Waals surface area contributed by atoms with Gasteiger partial charge in [-0.15, -0.1) is 0 Å². The molecule has 1 aliphatic heterocycles. The van der Waals surface area contributed by atoms with E-state index in [0.29, 0.717) is 32.0 Å². The Labute approximate surface area is 232 Å². The summed E-state index contributed by atoms with van der Waals surface area (Å²) >= 11 is 0. The van der Waals surface area contributed by atoms with Gasteiger partial charge in [0.1, 0.15) is 17.5 Å². The summed E-state index contributed by atoms with van der Waals surface area (Å²) < 4.78 is 78.5. The number of nitrogens with zero attached hydrogens (tertiary/aromatic N) is 4. The van der Waals surface area contributed by atoms with Crippen molar-refractivity contribution >= 4 is 28.9 Å². The zero-order valence-electron chi connectivity index (χ0n) is 21.8. The number of halogens is 6. The van der Waals surface area contributed by atoms with E-state index in [0.717, 1.165) is 17.8 Å². The van der Waals surface area contributed by atoms with Gasteiger partial charge in [-0.3, -0.25) is 4.79 Å². The largest absolute Gasteiger partial charge is 0.416 e. The van der Waals surface area contributed by atoms with Gasteiger partial charge in [0.2, 0.25) is 5.91 Å². The van der Waals surface area contributed by atoms with Gasteiger partial charge in [-0.1, -0.05) is 24.3 Å². The summed E-state index contributed by atoms with van der Waals surface area (Å²) in [6.07, 6.45) is -9.51. The highest BCUT2D eigenvalue weighted by Gasteiger charge is 2.47. The van der Waals surface area contributed by atoms with Crippen LogP contribution in [-0.4, -0.2) is 59.7 Å². The predicted molar refractivity (Wildman–Crippen MR) is 142 cm³/mol. The van der Waals surface area contributed by atoms with Crippen molar-refractivity contribution in [1.82, 2.24) is 14.9 Å². The fourth-order valence-electron chi connectivity index (χ4n) is 4.88. The van der Waals surface area contributed by atoms with Crippen molar-refractivity contribution < 1.29 is 31.1 Å². The lowest BCUT2D eigenvalue weighted by Crippen LogP contribution is -2.50. The molecule has 3 aromatic rings. The van der Waals surface area contributed by atoms with E-state index < -0.39 is 36.2 Å². The van der Waals surface area contributed by atoms with E-state index in [1.807, 2.05) is 35.2 Å². The van der Waals surface area contributed by atoms with E-state index in [9.17, 15) is 31.1 Å². The lowest BCUT2D eigenvalue weighted by Gasteiger charge is -2.35. The van der Waals surface area contributed by atoms with Crippen LogP contribution in [0.3, 0.4) is 0 Å². The average molecular weight is 579 g/mol. The third-order valence-corrected chi connectivity index (χ3v) is 7.11. The summed E-state index contributed by atoms with van der Waals surface area (Å²) in [6, 6.07) is 15.5. The third-order valence-electron chi connectivity index (χ3n) is 7.11. The molecule has 2 aliphatic rings. The van der Waals surface area contributed by atoms with Crippen molar-refractivity contribution in [2.75, 3.05) is 48.3 Å². The molecule has 2 aromatic carbocycles. The number of anilines is 4. The number of hydrogen-bond donors (Lipinski definition) is 2. The summed E-state index contributed by atoms with van der Waals surface area (Å²) in [5.41, 5.74) is 0.129. The zero-order valence-corrected chi connectivity index (χ0v) is 21.8. The van der Waals surface area contributed by atoms with Gasteiger partial charge in [0.05, 0.1) is 12.1 Å². The van der Waals surface area contributed by atoms with Gasteiger partial charge in [-0.25, -0.2) is 9.97 Å². The molecule has 0 radical (unpaired) electrons. The minimum absolute atomic E-state index is 0.0724. The SMILES string of the molecule is O=C(CNc1ccccc1)N1CCN(c2cc(Nc3cccc(C(F)(F)F)c3)nc(C3CC3CC(F)(F)F)n2)CC1. The topological polar surface area (TPSA) is 73.4 Å². The zero-order chi connectivity index (χ0) is 29.2. The summed E-state index contributed by atoms with van der Waals surface area (Å²) in [7, 11) is 0. The van der Waals surface area contributed by atoms with Crippen molar-refractivity contribution in [3.8, 4) is 0 Å². The number of aromatic nitrogens is 2. The van der Waals surface area contributed by atoms with Crippen molar-refractivity contribution in [3.63, 3.8) is 0 Å². The number of carbonyl (C=O) groups excluding carboxylic acids is 1. The molecule has 7 nitrogen and oxygen atoms in total. The molecule has 1 amide bonds. The van der Waals surface area contributed by atoms with E-state index in [-0.39, 0.29) is 36.2 Å². The molecule has 13 heteroatoms. The maximum atomic E-state index is 13.2. The normalized spacial score (nSPS) is 19.2. The minimum Gasteiger partial charge on any atom is -0.376 e. The Morgan fingerprint density at radius 3 is 2.27 bits per heavy atom. The fourth-order valence-corrected chi connectivity index (χ4v) is 4.88. The van der Waals surface area contributed by atoms with E-state index in [1.165, 1.54) is 12.1 Å². The smallest absolute Gasteiger partial charge is 0.376 e. The van der Waals surface area contributed by atoms with Crippen LogP contribution in [0.5, 0.6) is 0 Å². The molecule has 1 aliphatic carbocycles. The first-order valence-corrected chi connectivity index (χ1v) is 13.2. The van der Waals surface area contributed by atoms with Crippen molar-refractivity contribution in [1.29, 1.82) is 0 Å². The summed E-state index contributed by atoms with van der Waals surface area (Å²) in [6.45, 7) is 1.80. The highest BCUT2D eigenvalue weighted by molar-refractivity contribution is 5.81. The Kier molecular flexibility index (Phi) is 7.96. The first kappa shape index (κ1) is 28.5. The van der Waals surface area contributed by atoms with E-state index in [4.69, 9.17) is 0 Å². The second-order valence-electron chi connectivity index (χ2n) is 10.2. The molecule has 1 saturated heterocycles. The molecule has 41 heavy (non-hydrogen) atoms. The van der Waals surface area contributed by atoms with Crippen LogP contribution in [0.25, 0.3) is 0 Å². The van der Waals surface area contributed by atoms with Crippen LogP contribution in [0, 0.1) is 5.92 Å². The Balaban J connectivity index is 1.30. The number of rotatable bonds is 8. The van der Waals surface area contributed by atoms with Gasteiger partial charge in [0, 0.05) is 56.0 Å². The molecule has 2 unspecified atom stereocenters. The van der Waals surface area contributed by atoms with Crippen LogP contribution in [0.4, 0.5) is 49.4 Å². The molecule has 0 bridgehead atoms. The van der Waals surface area contributed by atoms with E-state index in [1.54, 1.807) is 11.0 Å². The maximum Gasteiger partial charge on any atom is 0.416 e. The van der Waals surface area contributed by atoms with Crippen LogP contribution >= 0.6 is 0 Å². The lowest BCUT2D eigenvalue weighted by atomic mass is 10.2.